The summed E-state index contributed by atoms with van der Waals surface area (Å²) >= 11 is 12.0. The van der Waals surface area contributed by atoms with Crippen LogP contribution in [0, 0.1) is 17.8 Å². The highest BCUT2D eigenvalue weighted by Gasteiger charge is 2.39. The fraction of sp³-hybridized carbons (Fsp3) is 0.571. The highest BCUT2D eigenvalue weighted by atomic mass is 35.5. The van der Waals surface area contributed by atoms with E-state index >= 15 is 0 Å². The molecule has 1 aromatic carbocycles. The zero-order valence-corrected chi connectivity index (χ0v) is 13.7. The Morgan fingerprint density at radius 1 is 1.19 bits per heavy atom. The van der Waals surface area contributed by atoms with Crippen molar-refractivity contribution >= 4 is 33.2 Å². The molecule has 0 spiro atoms. The Morgan fingerprint density at radius 2 is 1.95 bits per heavy atom. The maximum absolute atomic E-state index is 11.4. The fourth-order valence-corrected chi connectivity index (χ4v) is 4.99. The van der Waals surface area contributed by atoms with E-state index in [1.165, 1.54) is 37.8 Å². The number of nitrogens with two attached hydrogens (primary N) is 1. The van der Waals surface area contributed by atoms with E-state index in [1.54, 1.807) is 0 Å². The summed E-state index contributed by atoms with van der Waals surface area (Å²) in [6, 6.07) is 2.67. The average molecular weight is 350 g/mol. The first-order valence-corrected chi connectivity index (χ1v) is 9.29. The molecule has 2 aliphatic rings. The van der Waals surface area contributed by atoms with E-state index in [1.807, 2.05) is 0 Å². The summed E-state index contributed by atoms with van der Waals surface area (Å²) < 4.78 is 28.5. The summed E-state index contributed by atoms with van der Waals surface area (Å²) in [6.07, 6.45) is 5.16. The van der Waals surface area contributed by atoms with Gasteiger partial charge in [0.15, 0.2) is 0 Å². The van der Waals surface area contributed by atoms with Gasteiger partial charge in [0.05, 0.1) is 16.7 Å². The molecule has 7 heteroatoms. The SMILES string of the molecule is NS(=O)(=O)c1cc(Cl)c(OCC2CC3CCC2C3)cc1Cl. The molecule has 2 fully saturated rings. The van der Waals surface area contributed by atoms with Gasteiger partial charge in [0, 0.05) is 6.07 Å². The Bertz CT molecular complexity index is 662. The molecule has 2 N–H and O–H groups in total. The first kappa shape index (κ1) is 15.4. The van der Waals surface area contributed by atoms with Gasteiger partial charge in [-0.05, 0) is 43.1 Å². The summed E-state index contributed by atoms with van der Waals surface area (Å²) in [6.45, 7) is 0.603. The normalized spacial score (nSPS) is 28.0. The van der Waals surface area contributed by atoms with Crippen molar-refractivity contribution in [3.63, 3.8) is 0 Å². The third kappa shape index (κ3) is 3.16. The van der Waals surface area contributed by atoms with Crippen LogP contribution in [0.25, 0.3) is 0 Å². The highest BCUT2D eigenvalue weighted by Crippen LogP contribution is 2.48. The number of benzene rings is 1. The molecule has 21 heavy (non-hydrogen) atoms. The predicted molar refractivity (Wildman–Crippen MR) is 82.3 cm³/mol. The molecular weight excluding hydrogens is 333 g/mol. The van der Waals surface area contributed by atoms with E-state index < -0.39 is 10.0 Å². The largest absolute Gasteiger partial charge is 0.492 e. The lowest BCUT2D eigenvalue weighted by molar-refractivity contribution is 0.195. The molecule has 4 nitrogen and oxygen atoms in total. The summed E-state index contributed by atoms with van der Waals surface area (Å²) in [4.78, 5) is -0.179. The molecule has 0 amide bonds. The third-order valence-electron chi connectivity index (χ3n) is 4.63. The molecule has 0 aromatic heterocycles. The Hall–Kier alpha value is -0.490. The number of hydrogen-bond acceptors (Lipinski definition) is 3. The Balaban J connectivity index is 1.73. The van der Waals surface area contributed by atoms with E-state index in [4.69, 9.17) is 33.1 Å². The first-order chi connectivity index (χ1) is 9.84. The van der Waals surface area contributed by atoms with Crippen LogP contribution in [0.1, 0.15) is 25.7 Å². The van der Waals surface area contributed by atoms with Crippen LogP contribution < -0.4 is 9.88 Å². The van der Waals surface area contributed by atoms with Gasteiger partial charge in [-0.3, -0.25) is 0 Å². The van der Waals surface area contributed by atoms with Gasteiger partial charge in [-0.25, -0.2) is 13.6 Å². The molecule has 0 saturated heterocycles. The quantitative estimate of drug-likeness (QED) is 0.904. The van der Waals surface area contributed by atoms with Gasteiger partial charge < -0.3 is 4.74 Å². The van der Waals surface area contributed by atoms with Crippen LogP contribution in [0.5, 0.6) is 5.75 Å². The van der Waals surface area contributed by atoms with Gasteiger partial charge >= 0.3 is 0 Å². The zero-order valence-electron chi connectivity index (χ0n) is 11.4. The number of hydrogen-bond donors (Lipinski definition) is 1. The smallest absolute Gasteiger partial charge is 0.239 e. The van der Waals surface area contributed by atoms with Crippen molar-refractivity contribution in [3.05, 3.63) is 22.2 Å². The lowest BCUT2D eigenvalue weighted by atomic mass is 9.89. The number of primary sulfonamides is 1. The highest BCUT2D eigenvalue weighted by molar-refractivity contribution is 7.89. The number of ether oxygens (including phenoxy) is 1. The Morgan fingerprint density at radius 3 is 2.52 bits per heavy atom. The third-order valence-corrected chi connectivity index (χ3v) is 6.30. The van der Waals surface area contributed by atoms with Gasteiger partial charge in [-0.15, -0.1) is 0 Å². The van der Waals surface area contributed by atoms with Crippen LogP contribution in [0.15, 0.2) is 17.0 Å². The lowest BCUT2D eigenvalue weighted by Gasteiger charge is -2.22. The van der Waals surface area contributed by atoms with Crippen LogP contribution in [-0.4, -0.2) is 15.0 Å². The Kier molecular flexibility index (Phi) is 4.12. The van der Waals surface area contributed by atoms with Crippen LogP contribution in [0.4, 0.5) is 0 Å². The zero-order chi connectivity index (χ0) is 15.2. The molecule has 0 radical (unpaired) electrons. The molecule has 3 rings (SSSR count). The maximum Gasteiger partial charge on any atom is 0.239 e. The molecule has 2 bridgehead atoms. The van der Waals surface area contributed by atoms with Gasteiger partial charge in [0.25, 0.3) is 0 Å². The van der Waals surface area contributed by atoms with Crippen LogP contribution in [0.3, 0.4) is 0 Å². The molecule has 3 atom stereocenters. The number of fused-ring (bicyclic) bond motifs is 2. The summed E-state index contributed by atoms with van der Waals surface area (Å²) in [5.41, 5.74) is 0. The summed E-state index contributed by atoms with van der Waals surface area (Å²) in [7, 11) is -3.88. The molecule has 1 aromatic rings. The minimum absolute atomic E-state index is 0.0323. The van der Waals surface area contributed by atoms with Crippen LogP contribution in [-0.2, 0) is 10.0 Å². The molecule has 2 saturated carbocycles. The van der Waals surface area contributed by atoms with Crippen molar-refractivity contribution in [3.8, 4) is 5.75 Å². The molecule has 3 unspecified atom stereocenters. The second-order valence-corrected chi connectivity index (χ2v) is 8.35. The van der Waals surface area contributed by atoms with Crippen molar-refractivity contribution in [2.24, 2.45) is 22.9 Å². The topological polar surface area (TPSA) is 69.4 Å². The monoisotopic (exact) mass is 349 g/mol. The molecule has 2 aliphatic carbocycles. The van der Waals surface area contributed by atoms with Crippen LogP contribution >= 0.6 is 23.2 Å². The van der Waals surface area contributed by atoms with E-state index in [-0.39, 0.29) is 14.9 Å². The standard InChI is InChI=1S/C14H17Cl2NO3S/c15-11-6-14(21(17,18)19)12(16)5-13(11)20-7-10-4-8-1-2-9(10)3-8/h5-6,8-10H,1-4,7H2,(H2,17,18,19). The summed E-state index contributed by atoms with van der Waals surface area (Å²) in [5.74, 6) is 2.59. The fourth-order valence-electron chi connectivity index (χ4n) is 3.62. The minimum atomic E-state index is -3.88. The van der Waals surface area contributed by atoms with Gasteiger partial charge in [0.2, 0.25) is 10.0 Å². The average Bonchev–Trinajstić information content (AvgIpc) is 3.00. The maximum atomic E-state index is 11.4. The number of halogens is 2. The molecular formula is C14H17Cl2NO3S. The molecule has 0 heterocycles. The van der Waals surface area contributed by atoms with E-state index in [2.05, 4.69) is 0 Å². The number of sulfonamides is 1. The van der Waals surface area contributed by atoms with E-state index in [0.717, 1.165) is 11.8 Å². The Labute approximate surface area is 134 Å². The second kappa shape index (κ2) is 5.61. The second-order valence-electron chi connectivity index (χ2n) is 6.00. The van der Waals surface area contributed by atoms with Crippen molar-refractivity contribution in [2.75, 3.05) is 6.61 Å². The molecule has 116 valence electrons. The van der Waals surface area contributed by atoms with Gasteiger partial charge in [0.1, 0.15) is 10.6 Å². The van der Waals surface area contributed by atoms with Crippen molar-refractivity contribution in [1.29, 1.82) is 0 Å². The first-order valence-electron chi connectivity index (χ1n) is 6.99. The van der Waals surface area contributed by atoms with E-state index in [0.29, 0.717) is 18.3 Å². The van der Waals surface area contributed by atoms with E-state index in [9.17, 15) is 8.42 Å². The van der Waals surface area contributed by atoms with Crippen molar-refractivity contribution in [2.45, 2.75) is 30.6 Å². The molecule has 0 aliphatic heterocycles. The van der Waals surface area contributed by atoms with Gasteiger partial charge in [-0.1, -0.05) is 29.6 Å². The minimum Gasteiger partial charge on any atom is -0.492 e. The lowest BCUT2D eigenvalue weighted by Crippen LogP contribution is -2.19. The van der Waals surface area contributed by atoms with Crippen molar-refractivity contribution < 1.29 is 13.2 Å². The van der Waals surface area contributed by atoms with Crippen molar-refractivity contribution in [1.82, 2.24) is 0 Å². The van der Waals surface area contributed by atoms with Gasteiger partial charge in [-0.2, -0.15) is 0 Å². The summed E-state index contributed by atoms with van der Waals surface area (Å²) in [5, 5.41) is 5.33. The predicted octanol–water partition coefficient (Wildman–Crippen LogP) is 3.46. The van der Waals surface area contributed by atoms with Crippen LogP contribution in [0.2, 0.25) is 10.0 Å². The number of rotatable bonds is 4.